The van der Waals surface area contributed by atoms with Crippen LogP contribution in [-0.4, -0.2) is 17.8 Å². The Bertz CT molecular complexity index is 611. The molecular formula is C17H20N2S2. The number of rotatable bonds is 6. The summed E-state index contributed by atoms with van der Waals surface area (Å²) in [6.45, 7) is 3.91. The van der Waals surface area contributed by atoms with E-state index in [2.05, 4.69) is 54.3 Å². The Morgan fingerprint density at radius 2 is 1.86 bits per heavy atom. The van der Waals surface area contributed by atoms with Gasteiger partial charge in [-0.2, -0.15) is 0 Å². The van der Waals surface area contributed by atoms with Gasteiger partial charge >= 0.3 is 0 Å². The summed E-state index contributed by atoms with van der Waals surface area (Å²) in [6.07, 6.45) is 2.05. The zero-order valence-corrected chi connectivity index (χ0v) is 14.0. The van der Waals surface area contributed by atoms with E-state index in [-0.39, 0.29) is 0 Å². The van der Waals surface area contributed by atoms with E-state index >= 15 is 0 Å². The van der Waals surface area contributed by atoms with Crippen LogP contribution in [0, 0.1) is 0 Å². The van der Waals surface area contributed by atoms with Crippen molar-refractivity contribution >= 4 is 34.7 Å². The SMILES string of the molecule is CCN(Cc1ccccc1)c1cccc(SC)c1C(N)=S. The Kier molecular flexibility index (Phi) is 5.65. The quantitative estimate of drug-likeness (QED) is 0.642. The smallest absolute Gasteiger partial charge is 0.107 e. The van der Waals surface area contributed by atoms with Gasteiger partial charge in [-0.3, -0.25) is 0 Å². The molecule has 0 aliphatic heterocycles. The summed E-state index contributed by atoms with van der Waals surface area (Å²) in [5.74, 6) is 0. The molecule has 0 radical (unpaired) electrons. The predicted molar refractivity (Wildman–Crippen MR) is 97.3 cm³/mol. The van der Waals surface area contributed by atoms with Gasteiger partial charge in [-0.05, 0) is 30.9 Å². The number of hydrogen-bond donors (Lipinski definition) is 1. The molecule has 0 bridgehead atoms. The first-order chi connectivity index (χ1) is 10.2. The Morgan fingerprint density at radius 1 is 1.14 bits per heavy atom. The van der Waals surface area contributed by atoms with E-state index in [1.165, 1.54) is 5.56 Å². The highest BCUT2D eigenvalue weighted by Crippen LogP contribution is 2.30. The molecule has 2 N–H and O–H groups in total. The second-order valence-corrected chi connectivity index (χ2v) is 6.01. The van der Waals surface area contributed by atoms with Crippen molar-refractivity contribution in [2.75, 3.05) is 17.7 Å². The first-order valence-electron chi connectivity index (χ1n) is 6.93. The van der Waals surface area contributed by atoms with Gasteiger partial charge in [0.25, 0.3) is 0 Å². The first-order valence-corrected chi connectivity index (χ1v) is 8.56. The number of benzene rings is 2. The minimum atomic E-state index is 0.460. The Labute approximate surface area is 136 Å². The molecule has 0 spiro atoms. The van der Waals surface area contributed by atoms with Crippen molar-refractivity contribution in [3.8, 4) is 0 Å². The Morgan fingerprint density at radius 3 is 2.43 bits per heavy atom. The summed E-state index contributed by atoms with van der Waals surface area (Å²) >= 11 is 6.95. The zero-order chi connectivity index (χ0) is 15.2. The molecule has 2 rings (SSSR count). The van der Waals surface area contributed by atoms with Gasteiger partial charge < -0.3 is 10.6 Å². The van der Waals surface area contributed by atoms with E-state index < -0.39 is 0 Å². The lowest BCUT2D eigenvalue weighted by molar-refractivity contribution is 0.829. The van der Waals surface area contributed by atoms with Gasteiger partial charge in [0.05, 0.1) is 0 Å². The average Bonchev–Trinajstić information content (AvgIpc) is 2.52. The highest BCUT2D eigenvalue weighted by Gasteiger charge is 2.15. The van der Waals surface area contributed by atoms with Gasteiger partial charge in [0.15, 0.2) is 0 Å². The normalized spacial score (nSPS) is 10.4. The van der Waals surface area contributed by atoms with Crippen LogP contribution in [0.4, 0.5) is 5.69 Å². The molecule has 0 fully saturated rings. The molecule has 0 unspecified atom stereocenters. The monoisotopic (exact) mass is 316 g/mol. The van der Waals surface area contributed by atoms with Crippen LogP contribution >= 0.6 is 24.0 Å². The molecule has 21 heavy (non-hydrogen) atoms. The van der Waals surface area contributed by atoms with Crippen LogP contribution in [-0.2, 0) is 6.54 Å². The van der Waals surface area contributed by atoms with E-state index in [1.807, 2.05) is 12.3 Å². The number of thiocarbonyl (C=S) groups is 1. The largest absolute Gasteiger partial charge is 0.389 e. The third-order valence-electron chi connectivity index (χ3n) is 3.41. The van der Waals surface area contributed by atoms with E-state index in [9.17, 15) is 0 Å². The molecule has 0 atom stereocenters. The average molecular weight is 316 g/mol. The first kappa shape index (κ1) is 15.9. The summed E-state index contributed by atoms with van der Waals surface area (Å²) < 4.78 is 0. The molecule has 0 saturated carbocycles. The van der Waals surface area contributed by atoms with Crippen LogP contribution in [0.2, 0.25) is 0 Å². The molecule has 4 heteroatoms. The Hall–Kier alpha value is -1.52. The van der Waals surface area contributed by atoms with Crippen molar-refractivity contribution in [2.24, 2.45) is 5.73 Å². The highest BCUT2D eigenvalue weighted by atomic mass is 32.2. The second-order valence-electron chi connectivity index (χ2n) is 4.72. The van der Waals surface area contributed by atoms with Crippen molar-refractivity contribution in [2.45, 2.75) is 18.4 Å². The summed E-state index contributed by atoms with van der Waals surface area (Å²) in [7, 11) is 0. The van der Waals surface area contributed by atoms with Gasteiger partial charge in [-0.25, -0.2) is 0 Å². The molecule has 0 heterocycles. The minimum Gasteiger partial charge on any atom is -0.389 e. The fourth-order valence-corrected chi connectivity index (χ4v) is 3.28. The fraction of sp³-hybridized carbons (Fsp3) is 0.235. The van der Waals surface area contributed by atoms with Crippen LogP contribution in [0.1, 0.15) is 18.1 Å². The Balaban J connectivity index is 2.40. The summed E-state index contributed by atoms with van der Waals surface area (Å²) in [6, 6.07) is 16.7. The molecule has 0 aliphatic rings. The van der Waals surface area contributed by atoms with Crippen LogP contribution in [0.25, 0.3) is 0 Å². The molecule has 110 valence electrons. The zero-order valence-electron chi connectivity index (χ0n) is 12.4. The summed E-state index contributed by atoms with van der Waals surface area (Å²) in [4.78, 5) is 3.90. The van der Waals surface area contributed by atoms with Gasteiger partial charge in [0, 0.05) is 29.2 Å². The highest BCUT2D eigenvalue weighted by molar-refractivity contribution is 7.98. The lowest BCUT2D eigenvalue weighted by Crippen LogP contribution is -2.26. The van der Waals surface area contributed by atoms with Gasteiger partial charge in [-0.1, -0.05) is 48.6 Å². The van der Waals surface area contributed by atoms with Crippen LogP contribution in [0.3, 0.4) is 0 Å². The van der Waals surface area contributed by atoms with Gasteiger partial charge in [-0.15, -0.1) is 11.8 Å². The maximum absolute atomic E-state index is 5.97. The van der Waals surface area contributed by atoms with Crippen LogP contribution < -0.4 is 10.6 Å². The van der Waals surface area contributed by atoms with Crippen molar-refractivity contribution in [3.05, 3.63) is 59.7 Å². The van der Waals surface area contributed by atoms with Crippen molar-refractivity contribution in [3.63, 3.8) is 0 Å². The fourth-order valence-electron chi connectivity index (χ4n) is 2.37. The number of nitrogens with zero attached hydrogens (tertiary/aromatic N) is 1. The third-order valence-corrected chi connectivity index (χ3v) is 4.39. The van der Waals surface area contributed by atoms with E-state index in [1.54, 1.807) is 11.8 Å². The molecule has 0 saturated heterocycles. The number of thioether (sulfide) groups is 1. The maximum atomic E-state index is 5.97. The number of hydrogen-bond acceptors (Lipinski definition) is 3. The van der Waals surface area contributed by atoms with Crippen LogP contribution in [0.5, 0.6) is 0 Å². The van der Waals surface area contributed by atoms with Crippen molar-refractivity contribution in [1.82, 2.24) is 0 Å². The number of nitrogens with two attached hydrogens (primary N) is 1. The molecule has 2 aromatic carbocycles. The van der Waals surface area contributed by atoms with E-state index in [0.29, 0.717) is 4.99 Å². The standard InChI is InChI=1S/C17H20N2S2/c1-3-19(12-13-8-5-4-6-9-13)14-10-7-11-15(21-2)16(14)17(18)20/h4-11H,3,12H2,1-2H3,(H2,18,20). The maximum Gasteiger partial charge on any atom is 0.107 e. The second kappa shape index (κ2) is 7.48. The molecular weight excluding hydrogens is 296 g/mol. The van der Waals surface area contributed by atoms with Crippen molar-refractivity contribution in [1.29, 1.82) is 0 Å². The van der Waals surface area contributed by atoms with E-state index in [4.69, 9.17) is 18.0 Å². The molecule has 2 aromatic rings. The third kappa shape index (κ3) is 3.77. The topological polar surface area (TPSA) is 29.3 Å². The van der Waals surface area contributed by atoms with Gasteiger partial charge in [0.1, 0.15) is 4.99 Å². The van der Waals surface area contributed by atoms with Crippen LogP contribution in [0.15, 0.2) is 53.4 Å². The summed E-state index contributed by atoms with van der Waals surface area (Å²) in [5, 5.41) is 0. The summed E-state index contributed by atoms with van der Waals surface area (Å²) in [5.41, 5.74) is 9.34. The van der Waals surface area contributed by atoms with E-state index in [0.717, 1.165) is 29.2 Å². The molecule has 0 amide bonds. The van der Waals surface area contributed by atoms with Crippen molar-refractivity contribution < 1.29 is 0 Å². The molecule has 0 aromatic heterocycles. The molecule has 2 nitrogen and oxygen atoms in total. The lowest BCUT2D eigenvalue weighted by atomic mass is 10.1. The lowest BCUT2D eigenvalue weighted by Gasteiger charge is -2.26. The predicted octanol–water partition coefficient (Wildman–Crippen LogP) is 4.07. The molecule has 0 aliphatic carbocycles. The minimum absolute atomic E-state index is 0.460. The van der Waals surface area contributed by atoms with Gasteiger partial charge in [0.2, 0.25) is 0 Å². The number of anilines is 1.